The number of amides is 1. The van der Waals surface area contributed by atoms with Crippen LogP contribution in [0.1, 0.15) is 40.6 Å². The van der Waals surface area contributed by atoms with Crippen LogP contribution in [-0.2, 0) is 13.6 Å². The summed E-state index contributed by atoms with van der Waals surface area (Å²) in [5, 5.41) is 7.25. The molecule has 0 radical (unpaired) electrons. The molecule has 3 rings (SSSR count). The standard InChI is InChI=1S/C14H17BrN4O/c1-9-10(7-18(2)17-9)6-16-14(20)13-5-11(15)8-19(13)12-3-4-12/h5,7-8,12H,3-4,6H2,1-2H3,(H,16,20). The number of hydrogen-bond donors (Lipinski definition) is 1. The molecule has 1 aliphatic rings. The predicted octanol–water partition coefficient (Wildman–Crippen LogP) is 2.56. The van der Waals surface area contributed by atoms with Crippen molar-refractivity contribution in [2.75, 3.05) is 0 Å². The maximum atomic E-state index is 12.3. The number of nitrogens with zero attached hydrogens (tertiary/aromatic N) is 3. The van der Waals surface area contributed by atoms with Crippen LogP contribution in [0.2, 0.25) is 0 Å². The van der Waals surface area contributed by atoms with Gasteiger partial charge in [0, 0.05) is 42.1 Å². The van der Waals surface area contributed by atoms with Gasteiger partial charge in [-0.3, -0.25) is 9.48 Å². The highest BCUT2D eigenvalue weighted by Gasteiger charge is 2.27. The van der Waals surface area contributed by atoms with Gasteiger partial charge >= 0.3 is 0 Å². The Hall–Kier alpha value is -1.56. The second kappa shape index (κ2) is 5.09. The Balaban J connectivity index is 1.72. The van der Waals surface area contributed by atoms with Gasteiger partial charge in [0.1, 0.15) is 5.69 Å². The topological polar surface area (TPSA) is 51.9 Å². The molecule has 5 nitrogen and oxygen atoms in total. The lowest BCUT2D eigenvalue weighted by Gasteiger charge is -2.08. The van der Waals surface area contributed by atoms with Crippen LogP contribution in [0, 0.1) is 6.92 Å². The Kier molecular flexibility index (Phi) is 3.41. The highest BCUT2D eigenvalue weighted by Crippen LogP contribution is 2.37. The van der Waals surface area contributed by atoms with Gasteiger partial charge in [0.25, 0.3) is 5.91 Å². The maximum absolute atomic E-state index is 12.3. The van der Waals surface area contributed by atoms with Gasteiger partial charge in [-0.2, -0.15) is 5.10 Å². The number of aromatic nitrogens is 3. The summed E-state index contributed by atoms with van der Waals surface area (Å²) in [6.45, 7) is 2.46. The summed E-state index contributed by atoms with van der Waals surface area (Å²) < 4.78 is 4.78. The largest absolute Gasteiger partial charge is 0.347 e. The van der Waals surface area contributed by atoms with Gasteiger partial charge in [0.05, 0.1) is 5.69 Å². The molecule has 1 fully saturated rings. The third-order valence-corrected chi connectivity index (χ3v) is 3.98. The van der Waals surface area contributed by atoms with E-state index in [1.165, 1.54) is 0 Å². The van der Waals surface area contributed by atoms with E-state index in [4.69, 9.17) is 0 Å². The third kappa shape index (κ3) is 2.65. The Bertz CT molecular complexity index is 654. The van der Waals surface area contributed by atoms with E-state index in [0.29, 0.717) is 12.6 Å². The Morgan fingerprint density at radius 3 is 2.85 bits per heavy atom. The third-order valence-electron chi connectivity index (χ3n) is 3.54. The lowest BCUT2D eigenvalue weighted by atomic mass is 10.2. The first-order valence-corrected chi connectivity index (χ1v) is 7.48. The number of hydrogen-bond acceptors (Lipinski definition) is 2. The summed E-state index contributed by atoms with van der Waals surface area (Å²) in [6.07, 6.45) is 6.24. The molecule has 1 N–H and O–H groups in total. The quantitative estimate of drug-likeness (QED) is 0.932. The second-order valence-electron chi connectivity index (χ2n) is 5.28. The van der Waals surface area contributed by atoms with Gasteiger partial charge in [-0.15, -0.1) is 0 Å². The van der Waals surface area contributed by atoms with Crippen molar-refractivity contribution in [3.05, 3.63) is 39.9 Å². The van der Waals surface area contributed by atoms with Gasteiger partial charge < -0.3 is 9.88 Å². The van der Waals surface area contributed by atoms with Crippen molar-refractivity contribution in [2.45, 2.75) is 32.4 Å². The molecule has 0 atom stereocenters. The molecule has 1 aliphatic carbocycles. The minimum Gasteiger partial charge on any atom is -0.347 e. The van der Waals surface area contributed by atoms with E-state index in [2.05, 4.69) is 30.9 Å². The molecule has 20 heavy (non-hydrogen) atoms. The summed E-state index contributed by atoms with van der Waals surface area (Å²) in [6, 6.07) is 2.37. The first kappa shape index (κ1) is 13.4. The number of nitrogens with one attached hydrogen (secondary N) is 1. The van der Waals surface area contributed by atoms with Crippen LogP contribution in [0.4, 0.5) is 0 Å². The zero-order valence-electron chi connectivity index (χ0n) is 11.6. The Labute approximate surface area is 126 Å². The van der Waals surface area contributed by atoms with E-state index >= 15 is 0 Å². The number of halogens is 1. The maximum Gasteiger partial charge on any atom is 0.268 e. The average molecular weight is 337 g/mol. The fraction of sp³-hybridized carbons (Fsp3) is 0.429. The van der Waals surface area contributed by atoms with Gasteiger partial charge in [-0.1, -0.05) is 0 Å². The van der Waals surface area contributed by atoms with E-state index in [-0.39, 0.29) is 5.91 Å². The van der Waals surface area contributed by atoms with Gasteiger partial charge in [-0.25, -0.2) is 0 Å². The molecular formula is C14H17BrN4O. The number of carbonyl (C=O) groups is 1. The summed E-state index contributed by atoms with van der Waals surface area (Å²) in [4.78, 5) is 12.3. The molecule has 2 heterocycles. The van der Waals surface area contributed by atoms with E-state index in [0.717, 1.165) is 34.3 Å². The molecule has 0 saturated heterocycles. The minimum absolute atomic E-state index is 0.0362. The van der Waals surface area contributed by atoms with Gasteiger partial charge in [0.2, 0.25) is 0 Å². The molecule has 6 heteroatoms. The van der Waals surface area contributed by atoms with Crippen molar-refractivity contribution in [3.63, 3.8) is 0 Å². The summed E-state index contributed by atoms with van der Waals surface area (Å²) in [5.41, 5.74) is 2.72. The van der Waals surface area contributed by atoms with Crippen LogP contribution in [-0.4, -0.2) is 20.3 Å². The molecule has 0 unspecified atom stereocenters. The number of rotatable bonds is 4. The first-order valence-electron chi connectivity index (χ1n) is 6.69. The fourth-order valence-corrected chi connectivity index (χ4v) is 2.81. The molecular weight excluding hydrogens is 320 g/mol. The van der Waals surface area contributed by atoms with E-state index < -0.39 is 0 Å². The van der Waals surface area contributed by atoms with E-state index in [1.54, 1.807) is 4.68 Å². The van der Waals surface area contributed by atoms with Gasteiger partial charge in [0.15, 0.2) is 0 Å². The molecule has 2 aromatic heterocycles. The van der Waals surface area contributed by atoms with Crippen LogP contribution in [0.25, 0.3) is 0 Å². The molecule has 1 saturated carbocycles. The zero-order valence-corrected chi connectivity index (χ0v) is 13.1. The van der Waals surface area contributed by atoms with Crippen LogP contribution >= 0.6 is 15.9 Å². The number of carbonyl (C=O) groups excluding carboxylic acids is 1. The van der Waals surface area contributed by atoms with Crippen molar-refractivity contribution in [3.8, 4) is 0 Å². The van der Waals surface area contributed by atoms with Crippen LogP contribution < -0.4 is 5.32 Å². The van der Waals surface area contributed by atoms with Crippen LogP contribution in [0.15, 0.2) is 22.9 Å². The van der Waals surface area contributed by atoms with Gasteiger partial charge in [-0.05, 0) is 41.8 Å². The zero-order chi connectivity index (χ0) is 14.3. The number of aryl methyl sites for hydroxylation is 2. The molecule has 1 amide bonds. The summed E-state index contributed by atoms with van der Waals surface area (Å²) in [7, 11) is 1.88. The molecule has 2 aromatic rings. The first-order chi connectivity index (χ1) is 9.54. The second-order valence-corrected chi connectivity index (χ2v) is 6.19. The molecule has 106 valence electrons. The molecule has 0 spiro atoms. The molecule has 0 bridgehead atoms. The van der Waals surface area contributed by atoms with Crippen molar-refractivity contribution in [1.82, 2.24) is 19.7 Å². The normalized spacial score (nSPS) is 14.6. The minimum atomic E-state index is -0.0362. The van der Waals surface area contributed by atoms with Crippen molar-refractivity contribution in [1.29, 1.82) is 0 Å². The van der Waals surface area contributed by atoms with Crippen molar-refractivity contribution < 1.29 is 4.79 Å². The van der Waals surface area contributed by atoms with E-state index in [9.17, 15) is 4.79 Å². The van der Waals surface area contributed by atoms with Crippen molar-refractivity contribution in [2.24, 2.45) is 7.05 Å². The molecule has 0 aliphatic heterocycles. The summed E-state index contributed by atoms with van der Waals surface area (Å²) >= 11 is 3.44. The Morgan fingerprint density at radius 2 is 2.25 bits per heavy atom. The highest BCUT2D eigenvalue weighted by molar-refractivity contribution is 9.10. The summed E-state index contributed by atoms with van der Waals surface area (Å²) in [5.74, 6) is -0.0362. The molecule has 0 aromatic carbocycles. The smallest absolute Gasteiger partial charge is 0.268 e. The lowest BCUT2D eigenvalue weighted by molar-refractivity contribution is 0.0941. The predicted molar refractivity (Wildman–Crippen MR) is 79.5 cm³/mol. The highest BCUT2D eigenvalue weighted by atomic mass is 79.9. The monoisotopic (exact) mass is 336 g/mol. The Morgan fingerprint density at radius 1 is 1.50 bits per heavy atom. The van der Waals surface area contributed by atoms with E-state index in [1.807, 2.05) is 32.4 Å². The SMILES string of the molecule is Cc1nn(C)cc1CNC(=O)c1cc(Br)cn1C1CC1. The van der Waals surface area contributed by atoms with Crippen LogP contribution in [0.5, 0.6) is 0 Å². The lowest BCUT2D eigenvalue weighted by Crippen LogP contribution is -2.25. The van der Waals surface area contributed by atoms with Crippen molar-refractivity contribution >= 4 is 21.8 Å². The fourth-order valence-electron chi connectivity index (χ4n) is 2.37. The van der Waals surface area contributed by atoms with Crippen LogP contribution in [0.3, 0.4) is 0 Å². The average Bonchev–Trinajstić information content (AvgIpc) is 3.09.